The maximum Gasteiger partial charge on any atom is 0.141 e. The number of aromatic nitrogens is 3. The van der Waals surface area contributed by atoms with Gasteiger partial charge in [-0.05, 0) is 70.1 Å². The molecule has 2 aromatic carbocycles. The molecule has 5 aromatic rings. The summed E-state index contributed by atoms with van der Waals surface area (Å²) >= 11 is 0. The molecule has 38 heavy (non-hydrogen) atoms. The minimum atomic E-state index is -2.61. The van der Waals surface area contributed by atoms with E-state index in [9.17, 15) is 5.11 Å². The van der Waals surface area contributed by atoms with Crippen molar-refractivity contribution < 1.29 is 22.9 Å². The minimum Gasteiger partial charge on any atom is -0.386 e. The monoisotopic (exact) mass is 516 g/mol. The van der Waals surface area contributed by atoms with Gasteiger partial charge in [0, 0.05) is 40.0 Å². The maximum atomic E-state index is 16.0. The van der Waals surface area contributed by atoms with E-state index in [1.54, 1.807) is 33.0 Å². The molecule has 1 fully saturated rings. The van der Waals surface area contributed by atoms with Crippen LogP contribution in [0.2, 0.25) is 0 Å². The van der Waals surface area contributed by atoms with Crippen molar-refractivity contribution >= 4 is 21.9 Å². The predicted octanol–water partition coefficient (Wildman–Crippen LogP) is 6.84. The molecule has 0 amide bonds. The van der Waals surface area contributed by atoms with Crippen LogP contribution < -0.4 is 0 Å². The number of aliphatic hydroxyl groups is 1. The summed E-state index contributed by atoms with van der Waals surface area (Å²) < 4.78 is 52.9. The van der Waals surface area contributed by atoms with Crippen LogP contribution in [0.3, 0.4) is 0 Å². The van der Waals surface area contributed by atoms with Gasteiger partial charge in [0.15, 0.2) is 0 Å². The van der Waals surface area contributed by atoms with E-state index in [0.29, 0.717) is 40.9 Å². The highest BCUT2D eigenvalue weighted by atomic mass is 19.1. The van der Waals surface area contributed by atoms with Gasteiger partial charge in [0.25, 0.3) is 0 Å². The summed E-state index contributed by atoms with van der Waals surface area (Å²) in [7, 11) is 0. The summed E-state index contributed by atoms with van der Waals surface area (Å²) in [6.45, 7) is 3.69. The second-order valence-corrected chi connectivity index (χ2v) is 10.6. The fraction of sp³-hybridized carbons (Fsp3) is 0.355. The molecule has 1 aliphatic heterocycles. The number of benzene rings is 2. The first kappa shape index (κ1) is 21.4. The van der Waals surface area contributed by atoms with Crippen molar-refractivity contribution in [2.24, 2.45) is 5.92 Å². The number of pyridine rings is 1. The number of hydrogen-bond acceptors (Lipinski definition) is 5. The molecule has 3 aromatic heterocycles. The Labute approximate surface area is 225 Å². The third-order valence-electron chi connectivity index (χ3n) is 7.70. The highest BCUT2D eigenvalue weighted by Gasteiger charge is 2.31. The van der Waals surface area contributed by atoms with Crippen LogP contribution in [0.15, 0.2) is 59.3 Å². The summed E-state index contributed by atoms with van der Waals surface area (Å²) in [4.78, 5) is 4.73. The van der Waals surface area contributed by atoms with E-state index < -0.39 is 18.3 Å². The van der Waals surface area contributed by atoms with Crippen LogP contribution in [-0.4, -0.2) is 33.0 Å². The topological polar surface area (TPSA) is 73.3 Å². The predicted molar refractivity (Wildman–Crippen MR) is 146 cm³/mol. The molecule has 1 saturated heterocycles. The van der Waals surface area contributed by atoms with Gasteiger partial charge >= 0.3 is 0 Å². The van der Waals surface area contributed by atoms with Gasteiger partial charge in [-0.1, -0.05) is 35.5 Å². The van der Waals surface area contributed by atoms with Gasteiger partial charge in [-0.2, -0.15) is 0 Å². The van der Waals surface area contributed by atoms with Gasteiger partial charge < -0.3 is 18.9 Å². The molecule has 1 atom stereocenters. The maximum absolute atomic E-state index is 16.0. The Hall–Kier alpha value is -3.55. The zero-order valence-corrected chi connectivity index (χ0v) is 21.7. The Morgan fingerprint density at radius 1 is 1.13 bits per heavy atom. The van der Waals surface area contributed by atoms with Gasteiger partial charge in [0.1, 0.15) is 11.6 Å². The Balaban J connectivity index is 1.72. The van der Waals surface area contributed by atoms with E-state index in [1.807, 2.05) is 24.3 Å². The third-order valence-corrected chi connectivity index (χ3v) is 7.70. The molecule has 0 unspecified atom stereocenters. The number of halogens is 1. The number of nitrogens with zero attached hydrogens (tertiary/aromatic N) is 3. The SMILES string of the molecule is [2H]C([2H])([2H])c1onc(C)c1-c1cc2c(cc1F)c1ncc(C(C)(C)O)cc1n2[C@H](c1ccccc1)C1CCOCC1. The summed E-state index contributed by atoms with van der Waals surface area (Å²) in [5.74, 6) is -0.731. The van der Waals surface area contributed by atoms with Crippen LogP contribution in [0.25, 0.3) is 33.1 Å². The molecule has 1 N–H and O–H groups in total. The molecular formula is C31H32FN3O3. The van der Waals surface area contributed by atoms with Crippen LogP contribution in [0.1, 0.15) is 59.4 Å². The van der Waals surface area contributed by atoms with Crippen molar-refractivity contribution in [1.29, 1.82) is 0 Å². The standard InChI is InChI=1S/C31H32FN3O3/c1-18-28(19(2)38-34-18)23-16-26-24(15-25(23)32)29-27(14-22(17-33-29)31(3,4)36)35(26)30(20-8-6-5-7-9-20)21-10-12-37-13-11-21/h5-9,14-17,21,30,36H,10-13H2,1-4H3/t30-/m1/s1/i2D3. The van der Waals surface area contributed by atoms with Gasteiger partial charge in [0.2, 0.25) is 0 Å². The molecule has 196 valence electrons. The van der Waals surface area contributed by atoms with Crippen molar-refractivity contribution in [1.82, 2.24) is 14.7 Å². The van der Waals surface area contributed by atoms with E-state index in [2.05, 4.69) is 21.9 Å². The second kappa shape index (κ2) is 9.33. The lowest BCUT2D eigenvalue weighted by atomic mass is 9.86. The second-order valence-electron chi connectivity index (χ2n) is 10.6. The molecule has 0 spiro atoms. The normalized spacial score (nSPS) is 17.4. The lowest BCUT2D eigenvalue weighted by molar-refractivity contribution is 0.0552. The lowest BCUT2D eigenvalue weighted by Crippen LogP contribution is -2.27. The molecule has 0 bridgehead atoms. The Bertz CT molecular complexity index is 1730. The van der Waals surface area contributed by atoms with Gasteiger partial charge in [-0.25, -0.2) is 4.39 Å². The average molecular weight is 517 g/mol. The number of hydrogen-bond donors (Lipinski definition) is 1. The van der Waals surface area contributed by atoms with E-state index in [4.69, 9.17) is 18.4 Å². The van der Waals surface area contributed by atoms with E-state index in [1.165, 1.54) is 6.07 Å². The smallest absolute Gasteiger partial charge is 0.141 e. The zero-order valence-electron chi connectivity index (χ0n) is 24.7. The molecule has 6 rings (SSSR count). The Kier molecular flexibility index (Phi) is 5.25. The number of ether oxygens (including phenoxy) is 1. The van der Waals surface area contributed by atoms with Crippen LogP contribution in [-0.2, 0) is 10.3 Å². The molecule has 7 heteroatoms. The average Bonchev–Trinajstić information content (AvgIpc) is 3.47. The first-order valence-electron chi connectivity index (χ1n) is 14.4. The molecule has 6 nitrogen and oxygen atoms in total. The third kappa shape index (κ3) is 4.10. The fourth-order valence-corrected chi connectivity index (χ4v) is 5.75. The van der Waals surface area contributed by atoms with E-state index in [0.717, 1.165) is 23.9 Å². The largest absolute Gasteiger partial charge is 0.386 e. The van der Waals surface area contributed by atoms with E-state index >= 15 is 4.39 Å². The molecule has 1 aliphatic rings. The molecular weight excluding hydrogens is 481 g/mol. The molecule has 0 radical (unpaired) electrons. The van der Waals surface area contributed by atoms with Crippen molar-refractivity contribution in [3.63, 3.8) is 0 Å². The van der Waals surface area contributed by atoms with Crippen LogP contribution in [0.4, 0.5) is 4.39 Å². The van der Waals surface area contributed by atoms with Crippen molar-refractivity contribution in [3.8, 4) is 11.1 Å². The zero-order chi connectivity index (χ0) is 29.1. The summed E-state index contributed by atoms with van der Waals surface area (Å²) in [5, 5.41) is 15.3. The van der Waals surface area contributed by atoms with Gasteiger partial charge in [-0.3, -0.25) is 4.98 Å². The summed E-state index contributed by atoms with van der Waals surface area (Å²) in [5.41, 5.74) is 3.17. The highest BCUT2D eigenvalue weighted by molar-refractivity contribution is 6.07. The summed E-state index contributed by atoms with van der Waals surface area (Å²) in [6.07, 6.45) is 3.30. The number of rotatable bonds is 5. The lowest BCUT2D eigenvalue weighted by Gasteiger charge is -2.33. The highest BCUT2D eigenvalue weighted by Crippen LogP contribution is 2.43. The number of fused-ring (bicyclic) bond motifs is 3. The Morgan fingerprint density at radius 2 is 1.89 bits per heavy atom. The Morgan fingerprint density at radius 3 is 2.61 bits per heavy atom. The fourth-order valence-electron chi connectivity index (χ4n) is 5.75. The minimum absolute atomic E-state index is 0.105. The van der Waals surface area contributed by atoms with E-state index in [-0.39, 0.29) is 28.8 Å². The molecule has 0 aliphatic carbocycles. The molecule has 0 saturated carbocycles. The van der Waals surface area contributed by atoms with Crippen molar-refractivity contribution in [3.05, 3.63) is 83.1 Å². The van der Waals surface area contributed by atoms with Crippen molar-refractivity contribution in [2.75, 3.05) is 13.2 Å². The van der Waals surface area contributed by atoms with Crippen LogP contribution in [0, 0.1) is 25.5 Å². The summed E-state index contributed by atoms with van der Waals surface area (Å²) in [6, 6.07) is 15.1. The van der Waals surface area contributed by atoms with Crippen LogP contribution >= 0.6 is 0 Å². The number of aryl methyl sites for hydroxylation is 2. The van der Waals surface area contributed by atoms with Gasteiger partial charge in [0.05, 0.1) is 39.5 Å². The van der Waals surface area contributed by atoms with Crippen molar-refractivity contribution in [2.45, 2.75) is 52.1 Å². The molecule has 4 heterocycles. The first-order chi connectivity index (χ1) is 19.4. The van der Waals surface area contributed by atoms with Crippen LogP contribution in [0.5, 0.6) is 0 Å². The van der Waals surface area contributed by atoms with Gasteiger partial charge in [-0.15, -0.1) is 0 Å². The quantitative estimate of drug-likeness (QED) is 0.277. The first-order valence-corrected chi connectivity index (χ1v) is 12.9.